The van der Waals surface area contributed by atoms with Crippen LogP contribution in [-0.2, 0) is 0 Å². The quantitative estimate of drug-likeness (QED) is 0.718. The van der Waals surface area contributed by atoms with Crippen molar-refractivity contribution in [3.05, 3.63) is 60.6 Å². The Morgan fingerprint density at radius 2 is 1.78 bits per heavy atom. The van der Waals surface area contributed by atoms with Crippen LogP contribution in [0.15, 0.2) is 54.7 Å². The molecule has 0 aliphatic heterocycles. The summed E-state index contributed by atoms with van der Waals surface area (Å²) in [5.74, 6) is 1.17. The molecule has 0 saturated heterocycles. The molecule has 1 heterocycles. The Morgan fingerprint density at radius 3 is 2.52 bits per heavy atom. The van der Waals surface area contributed by atoms with Crippen molar-refractivity contribution >= 4 is 16.9 Å². The van der Waals surface area contributed by atoms with Crippen LogP contribution in [0.25, 0.3) is 22.0 Å². The van der Waals surface area contributed by atoms with Gasteiger partial charge in [-0.25, -0.2) is 14.8 Å². The third-order valence-corrected chi connectivity index (χ3v) is 5.63. The van der Waals surface area contributed by atoms with E-state index in [1.165, 1.54) is 15.7 Å². The van der Waals surface area contributed by atoms with E-state index < -0.39 is 6.09 Å². The first-order valence-corrected chi connectivity index (χ1v) is 9.39. The van der Waals surface area contributed by atoms with Crippen LogP contribution < -0.4 is 0 Å². The average molecular weight is 361 g/mol. The maximum Gasteiger partial charge on any atom is 0.407 e. The van der Waals surface area contributed by atoms with Gasteiger partial charge in [0.2, 0.25) is 0 Å². The summed E-state index contributed by atoms with van der Waals surface area (Å²) in [4.78, 5) is 21.9. The van der Waals surface area contributed by atoms with Gasteiger partial charge in [-0.1, -0.05) is 36.4 Å². The van der Waals surface area contributed by atoms with Gasteiger partial charge in [0.1, 0.15) is 5.82 Å². The SMILES string of the molecule is CN(C(=O)O)C1CCC(c2nccc(-c3ccc4ccccc4c3)n2)CC1. The molecular weight excluding hydrogens is 338 g/mol. The average Bonchev–Trinajstić information content (AvgIpc) is 2.73. The second kappa shape index (κ2) is 7.35. The van der Waals surface area contributed by atoms with Crippen LogP contribution in [0, 0.1) is 0 Å². The molecule has 1 amide bonds. The smallest absolute Gasteiger partial charge is 0.407 e. The number of benzene rings is 2. The lowest BCUT2D eigenvalue weighted by atomic mass is 9.85. The molecule has 0 unspecified atom stereocenters. The van der Waals surface area contributed by atoms with Gasteiger partial charge in [0.25, 0.3) is 0 Å². The summed E-state index contributed by atoms with van der Waals surface area (Å²) in [6.45, 7) is 0. The van der Waals surface area contributed by atoms with E-state index in [1.807, 2.05) is 24.4 Å². The highest BCUT2D eigenvalue weighted by atomic mass is 16.4. The third kappa shape index (κ3) is 3.63. The molecule has 5 heteroatoms. The van der Waals surface area contributed by atoms with Crippen LogP contribution in [0.1, 0.15) is 37.4 Å². The van der Waals surface area contributed by atoms with Crippen molar-refractivity contribution in [1.82, 2.24) is 14.9 Å². The Hall–Kier alpha value is -2.95. The van der Waals surface area contributed by atoms with Gasteiger partial charge in [-0.2, -0.15) is 0 Å². The first-order valence-electron chi connectivity index (χ1n) is 9.39. The molecule has 1 aliphatic carbocycles. The van der Waals surface area contributed by atoms with E-state index in [2.05, 4.69) is 35.3 Å². The standard InChI is InChI=1S/C22H23N3O2/c1-25(22(26)27)19-10-8-16(9-11-19)21-23-13-12-20(24-21)18-7-6-15-4-2-3-5-17(15)14-18/h2-7,12-14,16,19H,8-11H2,1H3,(H,26,27). The summed E-state index contributed by atoms with van der Waals surface area (Å²) in [6, 6.07) is 16.8. The van der Waals surface area contributed by atoms with Gasteiger partial charge < -0.3 is 10.0 Å². The molecule has 2 aromatic carbocycles. The number of carbonyl (C=O) groups is 1. The molecule has 0 atom stereocenters. The van der Waals surface area contributed by atoms with E-state index in [-0.39, 0.29) is 6.04 Å². The molecule has 1 aromatic heterocycles. The number of carboxylic acid groups (broad SMARTS) is 1. The maximum atomic E-state index is 11.1. The van der Waals surface area contributed by atoms with Crippen molar-refractivity contribution in [2.24, 2.45) is 0 Å². The molecular formula is C22H23N3O2. The first kappa shape index (κ1) is 17.5. The summed E-state index contributed by atoms with van der Waals surface area (Å²) in [6.07, 6.45) is 4.54. The number of hydrogen-bond donors (Lipinski definition) is 1. The lowest BCUT2D eigenvalue weighted by Crippen LogP contribution is -2.38. The molecule has 1 saturated carbocycles. The zero-order valence-corrected chi connectivity index (χ0v) is 15.4. The van der Waals surface area contributed by atoms with Crippen molar-refractivity contribution < 1.29 is 9.90 Å². The molecule has 5 nitrogen and oxygen atoms in total. The number of amides is 1. The van der Waals surface area contributed by atoms with Crippen LogP contribution in [-0.4, -0.2) is 39.2 Å². The summed E-state index contributed by atoms with van der Waals surface area (Å²) in [7, 11) is 1.66. The number of aromatic nitrogens is 2. The van der Waals surface area contributed by atoms with Crippen molar-refractivity contribution in [3.63, 3.8) is 0 Å². The normalized spacial score (nSPS) is 19.7. The molecule has 3 aromatic rings. The van der Waals surface area contributed by atoms with Gasteiger partial charge in [0.15, 0.2) is 0 Å². The number of hydrogen-bond acceptors (Lipinski definition) is 3. The highest BCUT2D eigenvalue weighted by molar-refractivity contribution is 5.86. The molecule has 4 rings (SSSR count). The van der Waals surface area contributed by atoms with E-state index in [9.17, 15) is 4.79 Å². The molecule has 0 bridgehead atoms. The predicted molar refractivity (Wildman–Crippen MR) is 106 cm³/mol. The molecule has 0 spiro atoms. The van der Waals surface area contributed by atoms with E-state index in [0.717, 1.165) is 42.8 Å². The van der Waals surface area contributed by atoms with Crippen molar-refractivity contribution in [1.29, 1.82) is 0 Å². The summed E-state index contributed by atoms with van der Waals surface area (Å²) in [5.41, 5.74) is 2.03. The zero-order valence-electron chi connectivity index (χ0n) is 15.4. The lowest BCUT2D eigenvalue weighted by Gasteiger charge is -2.32. The van der Waals surface area contributed by atoms with Gasteiger partial charge in [-0.3, -0.25) is 0 Å². The largest absolute Gasteiger partial charge is 0.465 e. The maximum absolute atomic E-state index is 11.1. The number of fused-ring (bicyclic) bond motifs is 1. The highest BCUT2D eigenvalue weighted by Crippen LogP contribution is 2.33. The minimum atomic E-state index is -0.854. The number of nitrogens with zero attached hydrogens (tertiary/aromatic N) is 3. The summed E-state index contributed by atoms with van der Waals surface area (Å²) < 4.78 is 0. The summed E-state index contributed by atoms with van der Waals surface area (Å²) >= 11 is 0. The van der Waals surface area contributed by atoms with Crippen molar-refractivity contribution in [2.75, 3.05) is 7.05 Å². The van der Waals surface area contributed by atoms with Crippen LogP contribution in [0.3, 0.4) is 0 Å². The Balaban J connectivity index is 1.53. The number of rotatable bonds is 3. The van der Waals surface area contributed by atoms with Crippen LogP contribution in [0.2, 0.25) is 0 Å². The second-order valence-corrected chi connectivity index (χ2v) is 7.26. The van der Waals surface area contributed by atoms with Gasteiger partial charge in [-0.05, 0) is 48.6 Å². The van der Waals surface area contributed by atoms with E-state index >= 15 is 0 Å². The third-order valence-electron chi connectivity index (χ3n) is 5.63. The molecule has 1 aliphatic rings. The van der Waals surface area contributed by atoms with Crippen molar-refractivity contribution in [3.8, 4) is 11.3 Å². The minimum Gasteiger partial charge on any atom is -0.465 e. The Kier molecular flexibility index (Phi) is 4.75. The monoisotopic (exact) mass is 361 g/mol. The molecule has 138 valence electrons. The zero-order chi connectivity index (χ0) is 18.8. The van der Waals surface area contributed by atoms with Gasteiger partial charge in [-0.15, -0.1) is 0 Å². The van der Waals surface area contributed by atoms with Crippen LogP contribution in [0.4, 0.5) is 4.79 Å². The predicted octanol–water partition coefficient (Wildman–Crippen LogP) is 4.93. The summed E-state index contributed by atoms with van der Waals surface area (Å²) in [5, 5.41) is 11.6. The fourth-order valence-corrected chi connectivity index (χ4v) is 3.96. The van der Waals surface area contributed by atoms with E-state index in [1.54, 1.807) is 7.05 Å². The van der Waals surface area contributed by atoms with Crippen LogP contribution in [0.5, 0.6) is 0 Å². The van der Waals surface area contributed by atoms with Gasteiger partial charge in [0, 0.05) is 30.8 Å². The Morgan fingerprint density at radius 1 is 1.04 bits per heavy atom. The lowest BCUT2D eigenvalue weighted by molar-refractivity contribution is 0.123. The Bertz CT molecular complexity index is 964. The molecule has 27 heavy (non-hydrogen) atoms. The van der Waals surface area contributed by atoms with Gasteiger partial charge in [0.05, 0.1) is 5.69 Å². The molecule has 1 fully saturated rings. The molecule has 0 radical (unpaired) electrons. The molecule has 1 N–H and O–H groups in total. The van der Waals surface area contributed by atoms with Crippen LogP contribution >= 0.6 is 0 Å². The van der Waals surface area contributed by atoms with Gasteiger partial charge >= 0.3 is 6.09 Å². The van der Waals surface area contributed by atoms with Crippen molar-refractivity contribution in [2.45, 2.75) is 37.6 Å². The fourth-order valence-electron chi connectivity index (χ4n) is 3.96. The Labute approximate surface area is 158 Å². The topological polar surface area (TPSA) is 66.3 Å². The first-order chi connectivity index (χ1) is 13.1. The van der Waals surface area contributed by atoms with E-state index in [4.69, 9.17) is 10.1 Å². The fraction of sp³-hybridized carbons (Fsp3) is 0.318. The minimum absolute atomic E-state index is 0.0995. The van der Waals surface area contributed by atoms with E-state index in [0.29, 0.717) is 5.92 Å². The highest BCUT2D eigenvalue weighted by Gasteiger charge is 2.28. The second-order valence-electron chi connectivity index (χ2n) is 7.26.